The Morgan fingerprint density at radius 2 is 1.64 bits per heavy atom. The van der Waals surface area contributed by atoms with Crippen molar-refractivity contribution in [1.29, 1.82) is 0 Å². The Morgan fingerprint density at radius 3 is 2.24 bits per heavy atom. The molecule has 0 spiro atoms. The number of hydrogen-bond donors (Lipinski definition) is 0. The first-order valence-corrected chi connectivity index (χ1v) is 9.32. The van der Waals surface area contributed by atoms with Crippen molar-refractivity contribution in [3.8, 4) is 5.75 Å². The highest BCUT2D eigenvalue weighted by atomic mass is 35.5. The number of likely N-dealkylation sites (tertiary alicyclic amines) is 1. The zero-order valence-electron chi connectivity index (χ0n) is 14.2. The number of nitrogens with zero attached hydrogens (tertiary/aromatic N) is 1. The molecule has 2 fully saturated rings. The van der Waals surface area contributed by atoms with Gasteiger partial charge in [-0.2, -0.15) is 0 Å². The van der Waals surface area contributed by atoms with Gasteiger partial charge in [-0.05, 0) is 42.7 Å². The molecule has 0 N–H and O–H groups in total. The van der Waals surface area contributed by atoms with Crippen LogP contribution in [0.2, 0.25) is 5.02 Å². The molecule has 0 radical (unpaired) electrons. The number of para-hydroxylation sites is 1. The standard InChI is InChI=1S/C21H22ClNO2/c22-17-8-6-16(7-9-17)21(12-13-21)20(24)23-14-10-19(11-15-23)25-18-4-2-1-3-5-18/h1-9,19H,10-15H2. The Labute approximate surface area is 153 Å². The molecule has 25 heavy (non-hydrogen) atoms. The van der Waals surface area contributed by atoms with Crippen LogP contribution in [0.4, 0.5) is 0 Å². The smallest absolute Gasteiger partial charge is 0.233 e. The molecule has 3 nitrogen and oxygen atoms in total. The summed E-state index contributed by atoms with van der Waals surface area (Å²) in [4.78, 5) is 15.1. The number of hydrogen-bond acceptors (Lipinski definition) is 2. The number of halogens is 1. The van der Waals surface area contributed by atoms with E-state index in [1.165, 1.54) is 0 Å². The van der Waals surface area contributed by atoms with Gasteiger partial charge in [0.2, 0.25) is 5.91 Å². The van der Waals surface area contributed by atoms with Gasteiger partial charge >= 0.3 is 0 Å². The van der Waals surface area contributed by atoms with Crippen LogP contribution < -0.4 is 4.74 Å². The number of piperidine rings is 1. The lowest BCUT2D eigenvalue weighted by Crippen LogP contribution is -2.46. The number of carbonyl (C=O) groups is 1. The van der Waals surface area contributed by atoms with Crippen molar-refractivity contribution >= 4 is 17.5 Å². The minimum absolute atomic E-state index is 0.192. The maximum Gasteiger partial charge on any atom is 0.233 e. The molecule has 1 saturated carbocycles. The molecule has 4 rings (SSSR count). The third kappa shape index (κ3) is 3.38. The molecule has 1 heterocycles. The summed E-state index contributed by atoms with van der Waals surface area (Å²) in [6.07, 6.45) is 3.84. The molecular weight excluding hydrogens is 334 g/mol. The molecule has 1 saturated heterocycles. The summed E-state index contributed by atoms with van der Waals surface area (Å²) in [6, 6.07) is 17.7. The molecule has 0 unspecified atom stereocenters. The monoisotopic (exact) mass is 355 g/mol. The Bertz CT molecular complexity index is 732. The minimum atomic E-state index is -0.308. The van der Waals surface area contributed by atoms with Crippen LogP contribution in [0.15, 0.2) is 54.6 Å². The van der Waals surface area contributed by atoms with Crippen LogP contribution in [0.25, 0.3) is 0 Å². The predicted molar refractivity (Wildman–Crippen MR) is 99.0 cm³/mol. The lowest BCUT2D eigenvalue weighted by Gasteiger charge is -2.34. The zero-order valence-corrected chi connectivity index (χ0v) is 14.9. The first-order chi connectivity index (χ1) is 12.2. The maximum atomic E-state index is 13.1. The second-order valence-corrected chi connectivity index (χ2v) is 7.45. The van der Waals surface area contributed by atoms with Gasteiger partial charge in [0.15, 0.2) is 0 Å². The van der Waals surface area contributed by atoms with Crippen molar-refractivity contribution < 1.29 is 9.53 Å². The topological polar surface area (TPSA) is 29.5 Å². The van der Waals surface area contributed by atoms with E-state index in [9.17, 15) is 4.79 Å². The van der Waals surface area contributed by atoms with Crippen molar-refractivity contribution in [2.45, 2.75) is 37.2 Å². The SMILES string of the molecule is O=C(N1CCC(Oc2ccccc2)CC1)C1(c2ccc(Cl)cc2)CC1. The van der Waals surface area contributed by atoms with Gasteiger partial charge in [-0.1, -0.05) is 41.9 Å². The average molecular weight is 356 g/mol. The summed E-state index contributed by atoms with van der Waals surface area (Å²) in [5, 5.41) is 0.714. The van der Waals surface area contributed by atoms with Crippen LogP contribution in [-0.2, 0) is 10.2 Å². The van der Waals surface area contributed by atoms with E-state index in [0.29, 0.717) is 5.02 Å². The van der Waals surface area contributed by atoms with Crippen LogP contribution in [0, 0.1) is 0 Å². The average Bonchev–Trinajstić information content (AvgIpc) is 3.45. The van der Waals surface area contributed by atoms with Crippen LogP contribution in [0.3, 0.4) is 0 Å². The highest BCUT2D eigenvalue weighted by molar-refractivity contribution is 6.30. The van der Waals surface area contributed by atoms with Crippen molar-refractivity contribution in [2.24, 2.45) is 0 Å². The maximum absolute atomic E-state index is 13.1. The van der Waals surface area contributed by atoms with Gasteiger partial charge in [0.1, 0.15) is 11.9 Å². The number of amides is 1. The number of rotatable bonds is 4. The molecule has 2 aromatic rings. The van der Waals surface area contributed by atoms with Crippen molar-refractivity contribution in [2.75, 3.05) is 13.1 Å². The third-order valence-corrected chi connectivity index (χ3v) is 5.58. The number of carbonyl (C=O) groups excluding carboxylic acids is 1. The molecule has 130 valence electrons. The second kappa shape index (κ2) is 6.72. The summed E-state index contributed by atoms with van der Waals surface area (Å²) in [6.45, 7) is 1.54. The van der Waals surface area contributed by atoms with Crippen LogP contribution >= 0.6 is 11.6 Å². The molecule has 1 amide bonds. The van der Waals surface area contributed by atoms with E-state index in [0.717, 1.165) is 50.1 Å². The zero-order chi connectivity index (χ0) is 17.3. The van der Waals surface area contributed by atoms with Gasteiger partial charge in [0.05, 0.1) is 5.41 Å². The molecule has 0 atom stereocenters. The summed E-state index contributed by atoms with van der Waals surface area (Å²) in [5.74, 6) is 1.18. The Hall–Kier alpha value is -2.00. The third-order valence-electron chi connectivity index (χ3n) is 5.33. The fourth-order valence-corrected chi connectivity index (χ4v) is 3.82. The van der Waals surface area contributed by atoms with E-state index in [1.54, 1.807) is 0 Å². The van der Waals surface area contributed by atoms with E-state index in [1.807, 2.05) is 59.5 Å². The molecule has 0 bridgehead atoms. The van der Waals surface area contributed by atoms with Crippen molar-refractivity contribution in [3.05, 3.63) is 65.2 Å². The number of benzene rings is 2. The van der Waals surface area contributed by atoms with Crippen LogP contribution in [0.1, 0.15) is 31.2 Å². The van der Waals surface area contributed by atoms with Gasteiger partial charge in [0.25, 0.3) is 0 Å². The molecule has 1 aliphatic carbocycles. The highest BCUT2D eigenvalue weighted by Gasteiger charge is 2.53. The lowest BCUT2D eigenvalue weighted by atomic mass is 9.93. The summed E-state index contributed by atoms with van der Waals surface area (Å²) in [7, 11) is 0. The minimum Gasteiger partial charge on any atom is -0.490 e. The predicted octanol–water partition coefficient (Wildman–Crippen LogP) is 4.44. The molecule has 2 aromatic carbocycles. The van der Waals surface area contributed by atoms with Crippen molar-refractivity contribution in [3.63, 3.8) is 0 Å². The van der Waals surface area contributed by atoms with Gasteiger partial charge < -0.3 is 9.64 Å². The molecule has 4 heteroatoms. The van der Waals surface area contributed by atoms with E-state index < -0.39 is 0 Å². The van der Waals surface area contributed by atoms with Gasteiger partial charge in [-0.15, -0.1) is 0 Å². The van der Waals surface area contributed by atoms with Crippen LogP contribution in [0.5, 0.6) is 5.75 Å². The quantitative estimate of drug-likeness (QED) is 0.811. The van der Waals surface area contributed by atoms with Gasteiger partial charge in [-0.25, -0.2) is 0 Å². The fraction of sp³-hybridized carbons (Fsp3) is 0.381. The molecule has 2 aliphatic rings. The first kappa shape index (κ1) is 16.5. The Balaban J connectivity index is 1.37. The highest BCUT2D eigenvalue weighted by Crippen LogP contribution is 2.50. The summed E-state index contributed by atoms with van der Waals surface area (Å²) < 4.78 is 6.03. The number of ether oxygens (including phenoxy) is 1. The van der Waals surface area contributed by atoms with E-state index >= 15 is 0 Å². The van der Waals surface area contributed by atoms with E-state index in [4.69, 9.17) is 16.3 Å². The molecular formula is C21H22ClNO2. The normalized spacial score (nSPS) is 19.5. The fourth-order valence-electron chi connectivity index (χ4n) is 3.69. The molecule has 0 aromatic heterocycles. The van der Waals surface area contributed by atoms with E-state index in [-0.39, 0.29) is 17.4 Å². The molecule has 1 aliphatic heterocycles. The van der Waals surface area contributed by atoms with Gasteiger partial charge in [0, 0.05) is 31.0 Å². The Kier molecular flexibility index (Phi) is 4.43. The lowest BCUT2D eigenvalue weighted by molar-refractivity contribution is -0.135. The largest absolute Gasteiger partial charge is 0.490 e. The van der Waals surface area contributed by atoms with Gasteiger partial charge in [-0.3, -0.25) is 4.79 Å². The summed E-state index contributed by atoms with van der Waals surface area (Å²) >= 11 is 5.98. The second-order valence-electron chi connectivity index (χ2n) is 7.01. The Morgan fingerprint density at radius 1 is 1.00 bits per heavy atom. The van der Waals surface area contributed by atoms with E-state index in [2.05, 4.69) is 0 Å². The first-order valence-electron chi connectivity index (χ1n) is 8.94. The van der Waals surface area contributed by atoms with Crippen LogP contribution in [-0.4, -0.2) is 30.0 Å². The summed E-state index contributed by atoms with van der Waals surface area (Å²) in [5.41, 5.74) is 0.794. The van der Waals surface area contributed by atoms with Crippen molar-refractivity contribution in [1.82, 2.24) is 4.90 Å².